The lowest BCUT2D eigenvalue weighted by molar-refractivity contribution is -0.209. The van der Waals surface area contributed by atoms with Crippen LogP contribution < -0.4 is 0 Å². The second-order valence-corrected chi connectivity index (χ2v) is 13.6. The van der Waals surface area contributed by atoms with E-state index >= 15 is 0 Å². The van der Waals surface area contributed by atoms with Crippen molar-refractivity contribution in [3.63, 3.8) is 0 Å². The van der Waals surface area contributed by atoms with E-state index in [9.17, 15) is 14.4 Å². The number of allylic oxidation sites excluding steroid dienone is 3. The highest BCUT2D eigenvalue weighted by molar-refractivity contribution is 5.88. The molecule has 0 heterocycles. The van der Waals surface area contributed by atoms with E-state index in [1.165, 1.54) is 19.4 Å². The SMILES string of the molecule is CC(=O)O[C@@H]1CC[C@]2(C)[C@@H]3C(=O)C[C@@]4(C)[C@@H]([C@H](C)/C=C/[C@H](C)C(C)C)CC[C@H]4C3=CC[C@@]2(OC(C)=O)C1. The maximum atomic E-state index is 14.2. The molecule has 0 radical (unpaired) electrons. The van der Waals surface area contributed by atoms with Crippen molar-refractivity contribution in [2.75, 3.05) is 0 Å². The van der Waals surface area contributed by atoms with E-state index in [1.54, 1.807) is 0 Å². The monoisotopic (exact) mass is 512 g/mol. The molecule has 4 rings (SSSR count). The van der Waals surface area contributed by atoms with Crippen molar-refractivity contribution in [1.82, 2.24) is 0 Å². The standard InChI is InChI=1S/C32H48O5/c1-19(2)20(3)9-10-21(4)26-11-12-27-25-14-16-32(37-23(6)34)17-24(36-22(5)33)13-15-31(32,8)29(25)28(35)18-30(26,27)7/h9-10,14,19-21,24,26-27,29H,11-13,15-18H2,1-8H3/b10-9+/t20-,21+,24+,26+,27-,29-,30-,31+,32+/m0/s1. The Morgan fingerprint density at radius 1 is 1.03 bits per heavy atom. The third-order valence-electron chi connectivity index (χ3n) is 11.0. The molecule has 5 heteroatoms. The van der Waals surface area contributed by atoms with Gasteiger partial charge in [0.15, 0.2) is 0 Å². The lowest BCUT2D eigenvalue weighted by Gasteiger charge is -2.61. The Morgan fingerprint density at radius 2 is 1.73 bits per heavy atom. The number of esters is 2. The molecule has 0 aromatic heterocycles. The number of Topliss-reactive ketones (excluding diaryl/α,β-unsaturated/α-hetero) is 1. The van der Waals surface area contributed by atoms with Crippen molar-refractivity contribution in [3.05, 3.63) is 23.8 Å². The lowest BCUT2D eigenvalue weighted by Crippen LogP contribution is -2.63. The molecule has 0 saturated heterocycles. The molecule has 0 aromatic rings. The first-order valence-electron chi connectivity index (χ1n) is 14.5. The van der Waals surface area contributed by atoms with E-state index < -0.39 is 11.0 Å². The molecule has 37 heavy (non-hydrogen) atoms. The highest BCUT2D eigenvalue weighted by Crippen LogP contribution is 2.67. The predicted octanol–water partition coefficient (Wildman–Crippen LogP) is 6.85. The van der Waals surface area contributed by atoms with Crippen molar-refractivity contribution >= 4 is 17.7 Å². The first kappa shape index (κ1) is 28.1. The normalized spacial score (nSPS) is 40.9. The number of hydrogen-bond donors (Lipinski definition) is 0. The number of ketones is 1. The Bertz CT molecular complexity index is 993. The van der Waals surface area contributed by atoms with E-state index in [-0.39, 0.29) is 29.4 Å². The van der Waals surface area contributed by atoms with Crippen LogP contribution in [0, 0.1) is 46.3 Å². The minimum Gasteiger partial charge on any atom is -0.462 e. The van der Waals surface area contributed by atoms with E-state index in [2.05, 4.69) is 59.8 Å². The maximum Gasteiger partial charge on any atom is 0.303 e. The van der Waals surface area contributed by atoms with Crippen molar-refractivity contribution in [2.24, 2.45) is 46.3 Å². The number of hydrogen-bond acceptors (Lipinski definition) is 5. The predicted molar refractivity (Wildman–Crippen MR) is 144 cm³/mol. The minimum atomic E-state index is -0.824. The molecule has 3 saturated carbocycles. The third-order valence-corrected chi connectivity index (χ3v) is 11.0. The van der Waals surface area contributed by atoms with Crippen LogP contribution in [-0.4, -0.2) is 29.4 Å². The zero-order valence-corrected chi connectivity index (χ0v) is 24.3. The topological polar surface area (TPSA) is 69.7 Å². The highest BCUT2D eigenvalue weighted by atomic mass is 16.6. The van der Waals surface area contributed by atoms with Gasteiger partial charge in [-0.3, -0.25) is 14.4 Å². The summed E-state index contributed by atoms with van der Waals surface area (Å²) in [6.07, 6.45) is 12.0. The molecule has 0 aromatic carbocycles. The van der Waals surface area contributed by atoms with Gasteiger partial charge in [-0.2, -0.15) is 0 Å². The molecule has 4 aliphatic rings. The summed E-state index contributed by atoms with van der Waals surface area (Å²) in [6, 6.07) is 0. The average molecular weight is 513 g/mol. The Kier molecular flexibility index (Phi) is 7.60. The van der Waals surface area contributed by atoms with Gasteiger partial charge in [-0.15, -0.1) is 0 Å². The smallest absolute Gasteiger partial charge is 0.303 e. The van der Waals surface area contributed by atoms with E-state index in [0.717, 1.165) is 12.8 Å². The Hall–Kier alpha value is -1.91. The molecule has 0 spiro atoms. The summed E-state index contributed by atoms with van der Waals surface area (Å²) in [5.74, 6) is 1.87. The fourth-order valence-electron chi connectivity index (χ4n) is 8.69. The highest BCUT2D eigenvalue weighted by Gasteiger charge is 2.67. The number of fused-ring (bicyclic) bond motifs is 5. The van der Waals surface area contributed by atoms with Gasteiger partial charge in [-0.25, -0.2) is 0 Å². The number of ether oxygens (including phenoxy) is 2. The van der Waals surface area contributed by atoms with Gasteiger partial charge >= 0.3 is 11.9 Å². The summed E-state index contributed by atoms with van der Waals surface area (Å²) in [5, 5.41) is 0. The summed E-state index contributed by atoms with van der Waals surface area (Å²) in [5.41, 5.74) is -0.0647. The van der Waals surface area contributed by atoms with E-state index in [0.29, 0.717) is 67.5 Å². The van der Waals surface area contributed by atoms with Crippen LogP contribution in [-0.2, 0) is 23.9 Å². The van der Waals surface area contributed by atoms with Crippen LogP contribution in [0.15, 0.2) is 23.8 Å². The first-order chi connectivity index (χ1) is 17.2. The summed E-state index contributed by atoms with van der Waals surface area (Å²) >= 11 is 0. The number of carbonyl (C=O) groups excluding carboxylic acids is 3. The van der Waals surface area contributed by atoms with E-state index in [4.69, 9.17) is 9.47 Å². The van der Waals surface area contributed by atoms with Crippen molar-refractivity contribution < 1.29 is 23.9 Å². The lowest BCUT2D eigenvalue weighted by atomic mass is 9.45. The van der Waals surface area contributed by atoms with Crippen molar-refractivity contribution in [3.8, 4) is 0 Å². The van der Waals surface area contributed by atoms with Gasteiger partial charge in [0, 0.05) is 44.4 Å². The molecule has 9 atom stereocenters. The molecule has 3 fully saturated rings. The van der Waals surface area contributed by atoms with Crippen LogP contribution in [0.25, 0.3) is 0 Å². The van der Waals surface area contributed by atoms with Crippen LogP contribution in [0.4, 0.5) is 0 Å². The summed E-state index contributed by atoms with van der Waals surface area (Å²) < 4.78 is 11.7. The van der Waals surface area contributed by atoms with Gasteiger partial charge in [0.1, 0.15) is 17.5 Å². The van der Waals surface area contributed by atoms with Gasteiger partial charge in [0.2, 0.25) is 0 Å². The quantitative estimate of drug-likeness (QED) is 0.288. The molecular weight excluding hydrogens is 464 g/mol. The molecule has 0 amide bonds. The van der Waals surface area contributed by atoms with Gasteiger partial charge in [-0.05, 0) is 60.7 Å². The van der Waals surface area contributed by atoms with Crippen LogP contribution >= 0.6 is 0 Å². The Morgan fingerprint density at radius 3 is 2.35 bits per heavy atom. The molecule has 0 aliphatic heterocycles. The number of rotatable bonds is 6. The summed E-state index contributed by atoms with van der Waals surface area (Å²) in [7, 11) is 0. The Balaban J connectivity index is 1.67. The summed E-state index contributed by atoms with van der Waals surface area (Å²) in [6.45, 7) is 16.5. The molecule has 0 bridgehead atoms. The van der Waals surface area contributed by atoms with Crippen LogP contribution in [0.5, 0.6) is 0 Å². The first-order valence-corrected chi connectivity index (χ1v) is 14.5. The minimum absolute atomic E-state index is 0.0447. The number of carbonyl (C=O) groups is 3. The molecule has 0 unspecified atom stereocenters. The average Bonchev–Trinajstić information content (AvgIpc) is 3.13. The second-order valence-electron chi connectivity index (χ2n) is 13.6. The molecule has 4 aliphatic carbocycles. The third kappa shape index (κ3) is 4.74. The molecule has 5 nitrogen and oxygen atoms in total. The van der Waals surface area contributed by atoms with Gasteiger partial charge in [0.05, 0.1) is 0 Å². The van der Waals surface area contributed by atoms with E-state index in [1.807, 2.05) is 0 Å². The zero-order valence-electron chi connectivity index (χ0n) is 24.3. The van der Waals surface area contributed by atoms with Gasteiger partial charge in [-0.1, -0.05) is 65.3 Å². The summed E-state index contributed by atoms with van der Waals surface area (Å²) in [4.78, 5) is 38.2. The Labute approximate surface area is 223 Å². The fraction of sp³-hybridized carbons (Fsp3) is 0.781. The second kappa shape index (κ2) is 10.0. The van der Waals surface area contributed by atoms with Gasteiger partial charge in [0.25, 0.3) is 0 Å². The maximum absolute atomic E-state index is 14.2. The fourth-order valence-corrected chi connectivity index (χ4v) is 8.69. The van der Waals surface area contributed by atoms with Crippen molar-refractivity contribution in [2.45, 2.75) is 112 Å². The molecule has 206 valence electrons. The van der Waals surface area contributed by atoms with Crippen molar-refractivity contribution in [1.29, 1.82) is 0 Å². The van der Waals surface area contributed by atoms with Gasteiger partial charge < -0.3 is 9.47 Å². The largest absolute Gasteiger partial charge is 0.462 e. The molecular formula is C32H48O5. The van der Waals surface area contributed by atoms with Crippen LogP contribution in [0.1, 0.15) is 100 Å². The zero-order chi connectivity index (χ0) is 27.3. The van der Waals surface area contributed by atoms with Crippen LogP contribution in [0.3, 0.4) is 0 Å². The van der Waals surface area contributed by atoms with Crippen LogP contribution in [0.2, 0.25) is 0 Å². The molecule has 0 N–H and O–H groups in total.